The molecule has 0 unspecified atom stereocenters. The summed E-state index contributed by atoms with van der Waals surface area (Å²) in [6, 6.07) is 9.89. The highest BCUT2D eigenvalue weighted by Crippen LogP contribution is 2.44. The maximum atomic E-state index is 2.58. The van der Waals surface area contributed by atoms with Crippen LogP contribution in [0.4, 0.5) is 0 Å². The van der Waals surface area contributed by atoms with Crippen LogP contribution in [0.2, 0.25) is 0 Å². The van der Waals surface area contributed by atoms with Crippen molar-refractivity contribution in [1.29, 1.82) is 0 Å². The van der Waals surface area contributed by atoms with Crippen LogP contribution in [-0.2, 0) is 13.1 Å². The fourth-order valence-electron chi connectivity index (χ4n) is 4.73. The van der Waals surface area contributed by atoms with Gasteiger partial charge in [0.05, 0.1) is 31.5 Å². The number of nitrogens with zero attached hydrogens (tertiary/aromatic N) is 2. The van der Waals surface area contributed by atoms with Crippen LogP contribution in [0, 0.1) is 0 Å². The predicted octanol–water partition coefficient (Wildman–Crippen LogP) is 9.09. The Morgan fingerprint density at radius 3 is 1.37 bits per heavy atom. The van der Waals surface area contributed by atoms with E-state index >= 15 is 0 Å². The van der Waals surface area contributed by atoms with Gasteiger partial charge < -0.3 is 9.13 Å². The molecule has 4 heterocycles. The summed E-state index contributed by atoms with van der Waals surface area (Å²) in [6.07, 6.45) is 2.32. The average Bonchev–Trinajstić information content (AvgIpc) is 3.43. The van der Waals surface area contributed by atoms with E-state index in [4.69, 9.17) is 0 Å². The van der Waals surface area contributed by atoms with Crippen LogP contribution < -0.4 is 0 Å². The number of aromatic nitrogens is 2. The largest absolute Gasteiger partial charge is 0.340 e. The number of aryl methyl sites for hydroxylation is 2. The van der Waals surface area contributed by atoms with E-state index < -0.39 is 0 Å². The molecule has 158 valence electrons. The van der Waals surface area contributed by atoms with Crippen molar-refractivity contribution in [2.24, 2.45) is 0 Å². The van der Waals surface area contributed by atoms with Gasteiger partial charge in [-0.2, -0.15) is 0 Å². The lowest BCUT2D eigenvalue weighted by Gasteiger charge is -2.08. The highest BCUT2D eigenvalue weighted by Gasteiger charge is 2.20. The molecule has 0 aliphatic rings. The van der Waals surface area contributed by atoms with Gasteiger partial charge in [-0.1, -0.05) is 41.5 Å². The van der Waals surface area contributed by atoms with E-state index in [2.05, 4.69) is 74.9 Å². The normalized spacial score (nSPS) is 12.8. The highest BCUT2D eigenvalue weighted by molar-refractivity contribution is 7.20. The Hall–Kier alpha value is -1.78. The van der Waals surface area contributed by atoms with Gasteiger partial charge >= 0.3 is 0 Å². The summed E-state index contributed by atoms with van der Waals surface area (Å²) < 4.78 is 8.10. The van der Waals surface area contributed by atoms with E-state index in [1.165, 1.54) is 52.0 Å². The van der Waals surface area contributed by atoms with Gasteiger partial charge in [0.2, 0.25) is 0 Å². The molecule has 0 saturated carbocycles. The Labute approximate surface area is 187 Å². The lowest BCUT2D eigenvalue weighted by atomic mass is 10.1. The topological polar surface area (TPSA) is 9.86 Å². The summed E-state index contributed by atoms with van der Waals surface area (Å²) >= 11 is 3.99. The van der Waals surface area contributed by atoms with Crippen LogP contribution in [0.25, 0.3) is 42.2 Å². The summed E-state index contributed by atoms with van der Waals surface area (Å²) in [6.45, 7) is 16.0. The van der Waals surface area contributed by atoms with Gasteiger partial charge in [-0.25, -0.2) is 0 Å². The molecule has 2 nitrogen and oxygen atoms in total. The summed E-state index contributed by atoms with van der Waals surface area (Å²) in [7, 11) is 0. The van der Waals surface area contributed by atoms with Crippen LogP contribution in [0.5, 0.6) is 0 Å². The molecule has 0 radical (unpaired) electrons. The van der Waals surface area contributed by atoms with Crippen molar-refractivity contribution in [2.45, 2.75) is 79.3 Å². The van der Waals surface area contributed by atoms with Crippen LogP contribution in [0.1, 0.15) is 76.0 Å². The van der Waals surface area contributed by atoms with E-state index in [0.29, 0.717) is 11.8 Å². The molecule has 0 atom stereocenters. The molecule has 0 spiro atoms. The summed E-state index contributed by atoms with van der Waals surface area (Å²) in [5.41, 5.74) is 5.69. The molecule has 0 aliphatic carbocycles. The molecule has 4 aromatic heterocycles. The SMILES string of the molecule is CCCn1c2cc3c4sc(C(C)C)cc4n(CCC)c3cc2c2sc(C(C)C)cc21. The molecule has 0 N–H and O–H groups in total. The van der Waals surface area contributed by atoms with Crippen LogP contribution in [0.15, 0.2) is 24.3 Å². The molecule has 4 heteroatoms. The second kappa shape index (κ2) is 7.42. The maximum Gasteiger partial charge on any atom is 0.0604 e. The highest BCUT2D eigenvalue weighted by atomic mass is 32.1. The average molecular weight is 437 g/mol. The quantitative estimate of drug-likeness (QED) is 0.251. The van der Waals surface area contributed by atoms with Crippen molar-refractivity contribution in [2.75, 3.05) is 0 Å². The Balaban J connectivity index is 1.89. The monoisotopic (exact) mass is 436 g/mol. The van der Waals surface area contributed by atoms with Crippen LogP contribution in [0.3, 0.4) is 0 Å². The Kier molecular flexibility index (Phi) is 4.98. The fourth-order valence-corrected chi connectivity index (χ4v) is 7.11. The van der Waals surface area contributed by atoms with E-state index in [-0.39, 0.29) is 0 Å². The van der Waals surface area contributed by atoms with E-state index in [9.17, 15) is 0 Å². The second-order valence-corrected chi connectivity index (χ2v) is 11.4. The first-order valence-corrected chi connectivity index (χ1v) is 13.1. The summed E-state index contributed by atoms with van der Waals surface area (Å²) in [4.78, 5) is 3.00. The zero-order valence-electron chi connectivity index (χ0n) is 19.0. The molecule has 1 aromatic carbocycles. The molecule has 0 aliphatic heterocycles. The molecule has 0 saturated heterocycles. The smallest absolute Gasteiger partial charge is 0.0604 e. The molecular formula is C26H32N2S2. The van der Waals surface area contributed by atoms with Crippen molar-refractivity contribution in [1.82, 2.24) is 9.13 Å². The van der Waals surface area contributed by atoms with Gasteiger partial charge in [-0.3, -0.25) is 0 Å². The number of thiophene rings is 2. The van der Waals surface area contributed by atoms with Gasteiger partial charge in [0.1, 0.15) is 0 Å². The van der Waals surface area contributed by atoms with Gasteiger partial charge in [-0.05, 0) is 48.9 Å². The number of rotatable bonds is 6. The van der Waals surface area contributed by atoms with E-state index in [1.54, 1.807) is 0 Å². The Morgan fingerprint density at radius 1 is 0.633 bits per heavy atom. The summed E-state index contributed by atoms with van der Waals surface area (Å²) in [5, 5.41) is 2.88. The van der Waals surface area contributed by atoms with Crippen molar-refractivity contribution >= 4 is 64.9 Å². The lowest BCUT2D eigenvalue weighted by Crippen LogP contribution is -1.97. The number of hydrogen-bond donors (Lipinski definition) is 0. The molecule has 0 amide bonds. The van der Waals surface area contributed by atoms with Crippen molar-refractivity contribution < 1.29 is 0 Å². The van der Waals surface area contributed by atoms with Gasteiger partial charge in [0.15, 0.2) is 0 Å². The van der Waals surface area contributed by atoms with Crippen molar-refractivity contribution in [3.05, 3.63) is 34.0 Å². The Morgan fingerprint density at radius 2 is 1.03 bits per heavy atom. The van der Waals surface area contributed by atoms with E-state index in [0.717, 1.165) is 25.9 Å². The van der Waals surface area contributed by atoms with E-state index in [1.807, 2.05) is 22.7 Å². The van der Waals surface area contributed by atoms with Gasteiger partial charge in [-0.15, -0.1) is 22.7 Å². The third-order valence-corrected chi connectivity index (χ3v) is 9.18. The van der Waals surface area contributed by atoms with Gasteiger partial charge in [0, 0.05) is 33.6 Å². The third kappa shape index (κ3) is 2.87. The molecule has 0 bridgehead atoms. The number of benzene rings is 1. The van der Waals surface area contributed by atoms with Crippen LogP contribution >= 0.6 is 22.7 Å². The minimum absolute atomic E-state index is 0.583. The molecular weight excluding hydrogens is 404 g/mol. The standard InChI is InChI=1S/C26H32N2S2/c1-7-9-27-19-11-18-20(12-17(19)25-21(27)13-23(29-25)15(3)4)28(10-8-2)22-14-24(16(5)6)30-26(18)22/h11-16H,7-10H2,1-6H3. The minimum atomic E-state index is 0.583. The number of fused-ring (bicyclic) bond motifs is 6. The minimum Gasteiger partial charge on any atom is -0.340 e. The predicted molar refractivity (Wildman–Crippen MR) is 137 cm³/mol. The lowest BCUT2D eigenvalue weighted by molar-refractivity contribution is 0.722. The van der Waals surface area contributed by atoms with Crippen molar-refractivity contribution in [3.8, 4) is 0 Å². The first-order valence-electron chi connectivity index (χ1n) is 11.5. The zero-order valence-corrected chi connectivity index (χ0v) is 20.6. The molecule has 5 rings (SSSR count). The molecule has 0 fully saturated rings. The first kappa shape index (κ1) is 20.1. The zero-order chi connectivity index (χ0) is 21.2. The maximum absolute atomic E-state index is 2.58. The first-order chi connectivity index (χ1) is 14.4. The summed E-state index contributed by atoms with van der Waals surface area (Å²) in [5.74, 6) is 1.17. The van der Waals surface area contributed by atoms with Crippen molar-refractivity contribution in [3.63, 3.8) is 0 Å². The molecule has 30 heavy (non-hydrogen) atoms. The third-order valence-electron chi connectivity index (χ3n) is 6.26. The molecule has 5 aromatic rings. The Bertz CT molecular complexity index is 1260. The fraction of sp³-hybridized carbons (Fsp3) is 0.462. The van der Waals surface area contributed by atoms with Crippen LogP contribution in [-0.4, -0.2) is 9.13 Å². The number of hydrogen-bond acceptors (Lipinski definition) is 2. The van der Waals surface area contributed by atoms with Gasteiger partial charge in [0.25, 0.3) is 0 Å². The second-order valence-electron chi connectivity index (χ2n) is 9.23.